The molecule has 3 aliphatic rings. The van der Waals surface area contributed by atoms with Crippen LogP contribution in [-0.2, 0) is 19.1 Å². The number of alkyl carbamates (subject to hydrolysis) is 2. The fraction of sp³-hybridized carbons (Fsp3) is 0.432. The molecule has 3 aromatic carbocycles. The summed E-state index contributed by atoms with van der Waals surface area (Å²) in [5.41, 5.74) is 6.28. The Morgan fingerprint density at radius 2 is 1.51 bits per heavy atom. The van der Waals surface area contributed by atoms with E-state index in [0.717, 1.165) is 69.3 Å². The van der Waals surface area contributed by atoms with Crippen molar-refractivity contribution in [3.63, 3.8) is 0 Å². The summed E-state index contributed by atoms with van der Waals surface area (Å²) < 4.78 is 11.4. The molecule has 2 fully saturated rings. The number of carbonyl (C=O) groups is 4. The van der Waals surface area contributed by atoms with Crippen molar-refractivity contribution in [3.8, 4) is 22.4 Å². The summed E-state index contributed by atoms with van der Waals surface area (Å²) in [7, 11) is 2.58. The average molecular weight is 822 g/mol. The van der Waals surface area contributed by atoms with Crippen molar-refractivity contribution in [2.75, 3.05) is 20.8 Å². The highest BCUT2D eigenvalue weighted by molar-refractivity contribution is 6.32. The number of likely N-dealkylation sites (tertiary alicyclic amines) is 1. The van der Waals surface area contributed by atoms with Crippen LogP contribution < -0.4 is 10.6 Å². The summed E-state index contributed by atoms with van der Waals surface area (Å²) in [5, 5.41) is 7.85. The second kappa shape index (κ2) is 15.8. The van der Waals surface area contributed by atoms with Crippen molar-refractivity contribution in [2.45, 2.75) is 78.0 Å². The van der Waals surface area contributed by atoms with Gasteiger partial charge in [0.2, 0.25) is 11.9 Å². The van der Waals surface area contributed by atoms with Gasteiger partial charge in [-0.25, -0.2) is 24.4 Å². The number of aromatic amines is 2. The molecule has 1 aliphatic carbocycles. The van der Waals surface area contributed by atoms with E-state index in [-0.39, 0.29) is 41.7 Å². The highest BCUT2D eigenvalue weighted by Gasteiger charge is 2.63. The Balaban J connectivity index is 1.01. The average Bonchev–Trinajstić information content (AvgIpc) is 3.84. The number of hydrogen-bond acceptors (Lipinski definition) is 8. The van der Waals surface area contributed by atoms with E-state index in [1.54, 1.807) is 0 Å². The molecular formula is C44H50ClN8O6+. The molecule has 6 atom stereocenters. The van der Waals surface area contributed by atoms with E-state index in [4.69, 9.17) is 31.0 Å². The van der Waals surface area contributed by atoms with Crippen LogP contribution >= 0.6 is 11.6 Å². The largest absolute Gasteiger partial charge is 0.453 e. The number of carbonyl (C=O) groups excluding carboxylic acids is 4. The van der Waals surface area contributed by atoms with Gasteiger partial charge in [0.05, 0.1) is 37.2 Å². The van der Waals surface area contributed by atoms with Gasteiger partial charge in [0.25, 0.3) is 0 Å². The maximum absolute atomic E-state index is 14.0. The fourth-order valence-electron chi connectivity index (χ4n) is 8.95. The first-order chi connectivity index (χ1) is 28.3. The van der Waals surface area contributed by atoms with Gasteiger partial charge in [-0.05, 0) is 53.3 Å². The molecule has 308 valence electrons. The van der Waals surface area contributed by atoms with Crippen LogP contribution in [0.25, 0.3) is 44.2 Å². The monoisotopic (exact) mass is 821 g/mol. The summed E-state index contributed by atoms with van der Waals surface area (Å²) in [6, 6.07) is 16.5. The van der Waals surface area contributed by atoms with Crippen molar-refractivity contribution in [1.29, 1.82) is 0 Å². The molecule has 8 rings (SSSR count). The molecule has 4 amide bonds. The number of methoxy groups -OCH3 is 2. The number of amides is 4. The number of hydrogen-bond donors (Lipinski definition) is 4. The van der Waals surface area contributed by atoms with Crippen LogP contribution in [0.4, 0.5) is 9.59 Å². The van der Waals surface area contributed by atoms with Crippen molar-refractivity contribution in [3.05, 3.63) is 71.4 Å². The molecule has 2 aromatic heterocycles. The number of rotatable bonds is 10. The van der Waals surface area contributed by atoms with Crippen molar-refractivity contribution in [1.82, 2.24) is 35.5 Å². The number of imidazole rings is 2. The molecule has 4 N–H and O–H groups in total. The van der Waals surface area contributed by atoms with Gasteiger partial charge in [0.15, 0.2) is 17.6 Å². The molecule has 59 heavy (non-hydrogen) atoms. The highest BCUT2D eigenvalue weighted by atomic mass is 35.5. The van der Waals surface area contributed by atoms with E-state index >= 15 is 0 Å². The van der Waals surface area contributed by atoms with Gasteiger partial charge >= 0.3 is 18.1 Å². The van der Waals surface area contributed by atoms with Crippen LogP contribution in [0.3, 0.4) is 0 Å². The third kappa shape index (κ3) is 7.32. The van der Waals surface area contributed by atoms with Crippen LogP contribution in [0, 0.1) is 23.7 Å². The molecule has 15 heteroatoms. The van der Waals surface area contributed by atoms with E-state index in [2.05, 4.69) is 51.8 Å². The number of benzene rings is 3. The third-order valence-corrected chi connectivity index (χ3v) is 12.5. The van der Waals surface area contributed by atoms with Gasteiger partial charge in [0, 0.05) is 29.8 Å². The van der Waals surface area contributed by atoms with Crippen LogP contribution in [0.2, 0.25) is 5.15 Å². The molecule has 0 spiro atoms. The van der Waals surface area contributed by atoms with Gasteiger partial charge in [0.1, 0.15) is 22.7 Å². The summed E-state index contributed by atoms with van der Waals surface area (Å²) in [5.74, 6) is 1.31. The number of halogens is 1. The Hall–Kier alpha value is -5.76. The van der Waals surface area contributed by atoms with Gasteiger partial charge in [-0.1, -0.05) is 88.7 Å². The molecule has 1 saturated carbocycles. The highest BCUT2D eigenvalue weighted by Crippen LogP contribution is 2.49. The van der Waals surface area contributed by atoms with Gasteiger partial charge in [-0.2, -0.15) is 4.58 Å². The number of H-pyrrole nitrogens is 2. The lowest BCUT2D eigenvalue weighted by Crippen LogP contribution is -2.51. The molecule has 0 radical (unpaired) electrons. The predicted octanol–water partition coefficient (Wildman–Crippen LogP) is 7.54. The number of nitrogens with zero attached hydrogens (tertiary/aromatic N) is 4. The third-order valence-electron chi connectivity index (χ3n) is 12.3. The Kier molecular flexibility index (Phi) is 10.7. The summed E-state index contributed by atoms with van der Waals surface area (Å²) in [4.78, 5) is 70.4. The quantitative estimate of drug-likeness (QED) is 0.105. The Bertz CT molecular complexity index is 2510. The van der Waals surface area contributed by atoms with Crippen LogP contribution in [-0.4, -0.2) is 92.0 Å². The molecule has 14 nitrogen and oxygen atoms in total. The van der Waals surface area contributed by atoms with Crippen LogP contribution in [0.1, 0.15) is 77.6 Å². The lowest BCUT2D eigenvalue weighted by molar-refractivity contribution is -0.492. The maximum Gasteiger partial charge on any atom is 0.410 e. The zero-order valence-corrected chi connectivity index (χ0v) is 35.0. The number of ether oxygens (including phenoxy) is 2. The lowest BCUT2D eigenvalue weighted by Gasteiger charge is -2.29. The molecule has 6 unspecified atom stereocenters. The minimum Gasteiger partial charge on any atom is -0.453 e. The zero-order chi connectivity index (χ0) is 41.9. The van der Waals surface area contributed by atoms with Crippen LogP contribution in [0.5, 0.6) is 0 Å². The van der Waals surface area contributed by atoms with E-state index < -0.39 is 24.3 Å². The molecule has 0 bridgehead atoms. The van der Waals surface area contributed by atoms with Gasteiger partial charge in [-0.3, -0.25) is 4.79 Å². The normalized spacial score (nSPS) is 20.9. The van der Waals surface area contributed by atoms with E-state index in [0.29, 0.717) is 29.1 Å². The first kappa shape index (κ1) is 40.0. The minimum absolute atomic E-state index is 0.118. The summed E-state index contributed by atoms with van der Waals surface area (Å²) in [6.45, 7) is 10.3. The van der Waals surface area contributed by atoms with Crippen molar-refractivity contribution >= 4 is 63.1 Å². The van der Waals surface area contributed by atoms with E-state index in [1.807, 2.05) is 67.5 Å². The van der Waals surface area contributed by atoms with E-state index in [9.17, 15) is 19.2 Å². The second-order valence-electron chi connectivity index (χ2n) is 16.6. The molecule has 2 aliphatic heterocycles. The summed E-state index contributed by atoms with van der Waals surface area (Å²) >= 11 is 6.80. The second-order valence-corrected chi connectivity index (χ2v) is 16.9. The molecule has 4 heterocycles. The lowest BCUT2D eigenvalue weighted by atomic mass is 9.99. The Morgan fingerprint density at radius 3 is 2.19 bits per heavy atom. The van der Waals surface area contributed by atoms with Gasteiger partial charge < -0.3 is 35.0 Å². The topological polar surface area (TPSA) is 174 Å². The zero-order valence-electron chi connectivity index (χ0n) is 34.3. The van der Waals surface area contributed by atoms with Crippen molar-refractivity contribution in [2.24, 2.45) is 23.7 Å². The van der Waals surface area contributed by atoms with Gasteiger partial charge in [-0.15, -0.1) is 0 Å². The molecular weight excluding hydrogens is 772 g/mol. The minimum atomic E-state index is -0.749. The molecule has 1 saturated heterocycles. The molecule has 5 aromatic rings. The van der Waals surface area contributed by atoms with Crippen LogP contribution in [0.15, 0.2) is 54.6 Å². The van der Waals surface area contributed by atoms with E-state index in [1.165, 1.54) is 14.2 Å². The van der Waals surface area contributed by atoms with Crippen molar-refractivity contribution < 1.29 is 33.2 Å². The first-order valence-corrected chi connectivity index (χ1v) is 20.6. The smallest absolute Gasteiger partial charge is 0.410 e. The SMILES string of the molecule is COC(=O)NC(C(=O)N1CCCC1c1nc2c(ccc3cc(-c4ccc(-c5nc(C6CC7C(=[N+]6C(=O)C(NC(=O)OC)C(C)C)C7C)[nH]c5Cl)cc4)ccc32)[nH]1)C(C)C. The fourth-order valence-corrected chi connectivity index (χ4v) is 9.20. The predicted molar refractivity (Wildman–Crippen MR) is 224 cm³/mol. The summed E-state index contributed by atoms with van der Waals surface area (Å²) in [6.07, 6.45) is 1.06. The maximum atomic E-state index is 14.0. The standard InChI is InChI=1S/C44H49ClN8O6/c1-21(2)33(49-43(56)58-6)41(54)52-18-8-9-31(52)39-46-30-17-15-27-19-26(14-16-28(27)36(30)48-39)24-10-12-25(13-11-24)35-38(45)51-40(47-35)32-20-29-23(5)37(29)53(32)42(55)34(22(3)4)50-44(57)59-7/h10-17,19,21-23,29,31-34H,8-9,18,20H2,1-7H3,(H3-,46,47,48,49,50,51,56,57)/p+1. The first-order valence-electron chi connectivity index (χ1n) is 20.3. The Morgan fingerprint density at radius 1 is 0.847 bits per heavy atom. The number of nitrogens with one attached hydrogen (secondary N) is 4. The number of aromatic nitrogens is 4. The number of fused-ring (bicyclic) bond motifs is 4. The Labute approximate surface area is 347 Å².